The molecule has 0 unspecified atom stereocenters. The Morgan fingerprint density at radius 1 is 0.198 bits per heavy atom. The summed E-state index contributed by atoms with van der Waals surface area (Å²) in [4.78, 5) is 106. The van der Waals surface area contributed by atoms with E-state index < -0.39 is 0 Å². The molecule has 0 aliphatic carbocycles. The molecule has 10 aliphatic heterocycles. The molecule has 7 aromatic heterocycles. The summed E-state index contributed by atoms with van der Waals surface area (Å²) in [6.07, 6.45) is 17.4. The molecule has 7 aromatic rings. The van der Waals surface area contributed by atoms with Crippen molar-refractivity contribution in [3.8, 4) is 46.1 Å². The third-order valence-corrected chi connectivity index (χ3v) is 18.1. The van der Waals surface area contributed by atoms with E-state index in [1.807, 2.05) is 0 Å². The minimum atomic E-state index is 0. The van der Waals surface area contributed by atoms with Gasteiger partial charge in [0, 0.05) is 127 Å². The average Bonchev–Trinajstić information content (AvgIpc) is 4.51. The van der Waals surface area contributed by atoms with Gasteiger partial charge in [0.2, 0.25) is 0 Å². The molecule has 17 heterocycles. The van der Waals surface area contributed by atoms with Crippen LogP contribution in [0.2, 0.25) is 0 Å². The second kappa shape index (κ2) is 19.9. The Hall–Kier alpha value is -7.40. The molecule has 0 spiro atoms. The van der Waals surface area contributed by atoms with Crippen molar-refractivity contribution in [3.63, 3.8) is 0 Å². The van der Waals surface area contributed by atoms with Gasteiger partial charge in [0.05, 0.1) is 0 Å². The van der Waals surface area contributed by atoms with Crippen LogP contribution in [0.5, 0.6) is 0 Å². The van der Waals surface area contributed by atoms with Gasteiger partial charge >= 0.3 is 17.1 Å². The van der Waals surface area contributed by atoms with Crippen molar-refractivity contribution in [2.75, 3.05) is 144 Å². The van der Waals surface area contributed by atoms with Crippen LogP contribution in [0.4, 0.5) is 46.5 Å². The normalized spacial score (nSPS) is 20.0. The summed E-state index contributed by atoms with van der Waals surface area (Å²) < 4.78 is 0. The van der Waals surface area contributed by atoms with Crippen LogP contribution < -0.4 is 49.2 Å². The number of fused-ring (bicyclic) bond motifs is 20. The first-order valence-corrected chi connectivity index (χ1v) is 30.0. The van der Waals surface area contributed by atoms with Crippen LogP contribution in [0.15, 0.2) is 0 Å². The molecular formula is C56H64CuN24. The van der Waals surface area contributed by atoms with Crippen LogP contribution in [0.1, 0.15) is 103 Å². The van der Waals surface area contributed by atoms with E-state index in [-0.39, 0.29) is 17.1 Å². The van der Waals surface area contributed by atoms with Gasteiger partial charge in [-0.2, -0.15) is 0 Å². The van der Waals surface area contributed by atoms with E-state index in [1.165, 1.54) is 0 Å². The first kappa shape index (κ1) is 49.4. The molecule has 8 bridgehead atoms. The predicted molar refractivity (Wildman–Crippen MR) is 308 cm³/mol. The largest absolute Gasteiger partial charge is 2.00 e. The van der Waals surface area contributed by atoms with Crippen molar-refractivity contribution in [1.29, 1.82) is 0 Å². The van der Waals surface area contributed by atoms with E-state index >= 15 is 0 Å². The van der Waals surface area contributed by atoms with Gasteiger partial charge in [-0.15, -0.1) is 0 Å². The number of nitrogens with zero attached hydrogens (tertiary/aromatic N) is 24. The fourth-order valence-electron chi connectivity index (χ4n) is 13.9. The quantitative estimate of drug-likeness (QED) is 0.157. The number of anilines is 8. The van der Waals surface area contributed by atoms with Gasteiger partial charge in [-0.25, -0.2) is 49.8 Å². The summed E-state index contributed by atoms with van der Waals surface area (Å²) in [5.41, 5.74) is 5.57. The maximum atomic E-state index is 5.56. The van der Waals surface area contributed by atoms with E-state index in [2.05, 4.69) is 39.2 Å². The zero-order valence-electron chi connectivity index (χ0n) is 45.7. The fourth-order valence-corrected chi connectivity index (χ4v) is 13.9. The zero-order chi connectivity index (χ0) is 52.4. The van der Waals surface area contributed by atoms with Gasteiger partial charge in [-0.1, -0.05) is 0 Å². The van der Waals surface area contributed by atoms with Gasteiger partial charge < -0.3 is 69.1 Å². The number of hydrogen-bond acceptors (Lipinski definition) is 22. The Morgan fingerprint density at radius 2 is 0.358 bits per heavy atom. The Labute approximate surface area is 478 Å². The van der Waals surface area contributed by atoms with Gasteiger partial charge in [0.1, 0.15) is 68.1 Å². The summed E-state index contributed by atoms with van der Waals surface area (Å²) >= 11 is 0. The molecule has 0 atom stereocenters. The van der Waals surface area contributed by atoms with Crippen molar-refractivity contribution in [2.24, 2.45) is 0 Å². The van der Waals surface area contributed by atoms with Gasteiger partial charge in [0.25, 0.3) is 0 Å². The third kappa shape index (κ3) is 8.32. The first-order chi connectivity index (χ1) is 39.6. The van der Waals surface area contributed by atoms with Crippen molar-refractivity contribution in [1.82, 2.24) is 79.7 Å². The minimum Gasteiger partial charge on any atom is -0.354 e. The van der Waals surface area contributed by atoms with Gasteiger partial charge in [-0.3, -0.25) is 0 Å². The third-order valence-electron chi connectivity index (χ3n) is 18.1. The second-order valence-corrected chi connectivity index (χ2v) is 23.3. The molecule has 0 aromatic carbocycles. The molecule has 24 nitrogen and oxygen atoms in total. The van der Waals surface area contributed by atoms with Crippen LogP contribution >= 0.6 is 0 Å². The number of rotatable bonds is 8. The van der Waals surface area contributed by atoms with Crippen molar-refractivity contribution in [3.05, 3.63) is 0 Å². The van der Waals surface area contributed by atoms with Gasteiger partial charge in [0.15, 0.2) is 46.5 Å². The Bertz CT molecular complexity index is 3310. The monoisotopic (exact) mass is 1140 g/mol. The first-order valence-electron chi connectivity index (χ1n) is 30.0. The van der Waals surface area contributed by atoms with Gasteiger partial charge in [-0.05, 0) is 103 Å². The topological polar surface area (TPSA) is 235 Å². The molecule has 0 amide bonds. The van der Waals surface area contributed by atoms with E-state index in [1.54, 1.807) is 0 Å². The van der Waals surface area contributed by atoms with E-state index in [0.717, 1.165) is 254 Å². The Kier molecular flexibility index (Phi) is 12.2. The number of hydrogen-bond donors (Lipinski definition) is 0. The van der Waals surface area contributed by atoms with Crippen LogP contribution in [0.25, 0.3) is 90.7 Å². The summed E-state index contributed by atoms with van der Waals surface area (Å²) in [6, 6.07) is 0. The summed E-state index contributed by atoms with van der Waals surface area (Å²) in [5, 5.41) is 0. The van der Waals surface area contributed by atoms with E-state index in [0.29, 0.717) is 90.7 Å². The molecule has 10 aliphatic rings. The molecule has 81 heavy (non-hydrogen) atoms. The maximum absolute atomic E-state index is 5.56. The molecular weight excluding hydrogens is 1070 g/mol. The SMILES string of the molecule is C1CCN(c2nc3c(nc2N2CCCC2)-c2nc-3nc3[n-]c(nc4nc(nc5[n-]c(n2)c2nc(N6CCCC6)c(N6CCCC6)nc52)-c2nc(N5CCCC5)c(N5CCCC5)nc2-4)c2nc(N4CCCC4)c(N4CCCC4)nc32)C1.[Cu+2]. The Morgan fingerprint density at radius 3 is 0.531 bits per heavy atom. The fraction of sp³-hybridized carbons (Fsp3) is 0.571. The molecule has 0 saturated carbocycles. The summed E-state index contributed by atoms with van der Waals surface area (Å²) in [5.74, 6) is 8.13. The standard InChI is InChI=1S/C56H64N24.Cu/c1-2-18-73(17-1)49-50(74-19-3-4-20-74)58-34-33(57-49)41-65-42(34)70-44-37-38(62-54(78-27-11-12-28-78)53(61-37)77-25-9-10-26-77)46(67-44)72-48-40-39(63-55(79-29-13-14-30-79)56(64-40)80-31-15-16-32-80)47(68-48)71-45-36-35(43(66-45)69-41)59-51(75-21-5-6-22-75)52(60-36)76-23-7-8-24-76;/h1-32H2;/q-2;+2. The molecule has 419 valence electrons. The summed E-state index contributed by atoms with van der Waals surface area (Å²) in [7, 11) is 0. The predicted octanol–water partition coefficient (Wildman–Crippen LogP) is 6.09. The van der Waals surface area contributed by atoms with Crippen molar-refractivity contribution in [2.45, 2.75) is 103 Å². The second-order valence-electron chi connectivity index (χ2n) is 23.3. The van der Waals surface area contributed by atoms with E-state index in [9.17, 15) is 0 Å². The van der Waals surface area contributed by atoms with Crippen molar-refractivity contribution >= 4 is 91.2 Å². The molecule has 8 fully saturated rings. The average molecular weight is 1140 g/mol. The molecule has 8 saturated heterocycles. The zero-order valence-corrected chi connectivity index (χ0v) is 46.6. The molecule has 17 rings (SSSR count). The van der Waals surface area contributed by atoms with Crippen LogP contribution in [0, 0.1) is 0 Å². The van der Waals surface area contributed by atoms with Crippen LogP contribution in [0.3, 0.4) is 0 Å². The smallest absolute Gasteiger partial charge is 0.354 e. The van der Waals surface area contributed by atoms with Crippen molar-refractivity contribution < 1.29 is 17.1 Å². The molecule has 25 heteroatoms. The Balaban J connectivity index is 0.00000542. The molecule has 0 N–H and O–H groups in total. The maximum Gasteiger partial charge on any atom is 2.00 e. The molecule has 1 radical (unpaired) electrons. The van der Waals surface area contributed by atoms with E-state index in [4.69, 9.17) is 79.7 Å². The summed E-state index contributed by atoms with van der Waals surface area (Å²) in [6.45, 7) is 14.4. The van der Waals surface area contributed by atoms with Crippen LogP contribution in [-0.4, -0.2) is 174 Å². The van der Waals surface area contributed by atoms with Crippen LogP contribution in [-0.2, 0) is 17.1 Å². The number of aromatic nitrogens is 16. The minimum absolute atomic E-state index is 0.